The zero-order valence-electron chi connectivity index (χ0n) is 19.0. The molecule has 0 radical (unpaired) electrons. The van der Waals surface area contributed by atoms with Gasteiger partial charge in [0.25, 0.3) is 0 Å². The molecule has 0 aliphatic carbocycles. The lowest BCUT2D eigenvalue weighted by atomic mass is 10.0. The minimum atomic E-state index is 0.288. The minimum absolute atomic E-state index is 0.288. The van der Waals surface area contributed by atoms with Crippen LogP contribution in [-0.4, -0.2) is 38.6 Å². The minimum Gasteiger partial charge on any atom is -0.491 e. The topological polar surface area (TPSA) is 43.5 Å². The van der Waals surface area contributed by atoms with Crippen LogP contribution in [0.25, 0.3) is 6.08 Å². The van der Waals surface area contributed by atoms with Crippen LogP contribution in [0.5, 0.6) is 11.5 Å². The summed E-state index contributed by atoms with van der Waals surface area (Å²) in [6.07, 6.45) is 3.71. The molecule has 4 rings (SSSR count). The summed E-state index contributed by atoms with van der Waals surface area (Å²) in [6.45, 7) is 13.1. The van der Waals surface area contributed by atoms with Gasteiger partial charge in [-0.3, -0.25) is 0 Å². The molecule has 2 aromatic rings. The average Bonchev–Trinajstić information content (AvgIpc) is 3.71. The van der Waals surface area contributed by atoms with Crippen molar-refractivity contribution in [3.05, 3.63) is 65.2 Å². The van der Waals surface area contributed by atoms with Gasteiger partial charge in [-0.1, -0.05) is 63.6 Å². The van der Waals surface area contributed by atoms with E-state index in [1.165, 1.54) is 16.7 Å². The van der Waals surface area contributed by atoms with Crippen LogP contribution in [0, 0.1) is 0 Å². The van der Waals surface area contributed by atoms with Crippen molar-refractivity contribution in [1.82, 2.24) is 0 Å². The van der Waals surface area contributed by atoms with E-state index in [0.717, 1.165) is 31.1 Å². The third-order valence-electron chi connectivity index (χ3n) is 4.38. The van der Waals surface area contributed by atoms with Crippen molar-refractivity contribution in [3.63, 3.8) is 0 Å². The van der Waals surface area contributed by atoms with E-state index in [1.807, 2.05) is 52.0 Å². The number of hydrogen-bond donors (Lipinski definition) is 0. The fourth-order valence-electron chi connectivity index (χ4n) is 2.73. The van der Waals surface area contributed by atoms with E-state index in [1.54, 1.807) is 0 Å². The molecule has 2 heterocycles. The monoisotopic (exact) mass is 412 g/mol. The Labute approximate surface area is 181 Å². The second-order valence-corrected chi connectivity index (χ2v) is 6.91. The molecular weight excluding hydrogens is 376 g/mol. The summed E-state index contributed by atoms with van der Waals surface area (Å²) in [5.41, 5.74) is 3.77. The van der Waals surface area contributed by atoms with Crippen LogP contribution in [0.3, 0.4) is 0 Å². The van der Waals surface area contributed by atoms with Crippen LogP contribution in [0.2, 0.25) is 0 Å². The van der Waals surface area contributed by atoms with Gasteiger partial charge in [0.15, 0.2) is 0 Å². The predicted molar refractivity (Wildman–Crippen MR) is 123 cm³/mol. The molecule has 0 N–H and O–H groups in total. The highest BCUT2D eigenvalue weighted by atomic mass is 16.6. The zero-order chi connectivity index (χ0) is 21.8. The van der Waals surface area contributed by atoms with E-state index >= 15 is 0 Å². The molecule has 2 aromatic carbocycles. The third kappa shape index (κ3) is 9.02. The number of epoxide rings is 2. The van der Waals surface area contributed by atoms with Crippen LogP contribution in [0.15, 0.2) is 54.1 Å². The van der Waals surface area contributed by atoms with Crippen molar-refractivity contribution in [2.24, 2.45) is 0 Å². The maximum Gasteiger partial charge on any atom is 0.119 e. The highest BCUT2D eigenvalue weighted by Crippen LogP contribution is 2.20. The first-order valence-electron chi connectivity index (χ1n) is 11.1. The molecule has 2 aliphatic heterocycles. The quantitative estimate of drug-likeness (QED) is 0.478. The summed E-state index contributed by atoms with van der Waals surface area (Å²) in [7, 11) is 0. The molecule has 4 heteroatoms. The Morgan fingerprint density at radius 1 is 0.800 bits per heavy atom. The standard InChI is InChI=1S/C22H24O4.2C2H6/c1-16(10-17-2-6-19(7-3-17)23-12-21-14-25-21)11-18-4-8-20(9-5-18)24-13-22-15-26-22;2*1-2/h2-10,21-22H,11-15H2,1H3;2*1-2H3. The van der Waals surface area contributed by atoms with Gasteiger partial charge in [-0.25, -0.2) is 0 Å². The van der Waals surface area contributed by atoms with Crippen molar-refractivity contribution in [1.29, 1.82) is 0 Å². The van der Waals surface area contributed by atoms with Gasteiger partial charge < -0.3 is 18.9 Å². The molecule has 0 aromatic heterocycles. The molecule has 164 valence electrons. The summed E-state index contributed by atoms with van der Waals surface area (Å²) in [5, 5.41) is 0. The second kappa shape index (κ2) is 13.1. The maximum absolute atomic E-state index is 5.68. The molecule has 2 aliphatic rings. The van der Waals surface area contributed by atoms with Gasteiger partial charge in [-0.15, -0.1) is 0 Å². The van der Waals surface area contributed by atoms with Crippen LogP contribution in [0.1, 0.15) is 45.7 Å². The van der Waals surface area contributed by atoms with E-state index in [4.69, 9.17) is 18.9 Å². The fourth-order valence-corrected chi connectivity index (χ4v) is 2.73. The molecule has 2 fully saturated rings. The van der Waals surface area contributed by atoms with Crippen LogP contribution >= 0.6 is 0 Å². The molecule has 30 heavy (non-hydrogen) atoms. The molecule has 0 saturated carbocycles. The number of hydrogen-bond acceptors (Lipinski definition) is 4. The van der Waals surface area contributed by atoms with E-state index < -0.39 is 0 Å². The molecular formula is C26H36O4. The normalized spacial score (nSPS) is 18.9. The summed E-state index contributed by atoms with van der Waals surface area (Å²) in [5.74, 6) is 1.79. The summed E-state index contributed by atoms with van der Waals surface area (Å²) >= 11 is 0. The number of ether oxygens (including phenoxy) is 4. The van der Waals surface area contributed by atoms with Gasteiger partial charge in [0.05, 0.1) is 13.2 Å². The Bertz CT molecular complexity index is 742. The number of benzene rings is 2. The molecule has 0 bridgehead atoms. The number of allylic oxidation sites excluding steroid dienone is 1. The molecule has 2 unspecified atom stereocenters. The lowest BCUT2D eigenvalue weighted by Crippen LogP contribution is -2.03. The molecule has 2 saturated heterocycles. The van der Waals surface area contributed by atoms with Crippen LogP contribution < -0.4 is 9.47 Å². The zero-order valence-corrected chi connectivity index (χ0v) is 19.0. The lowest BCUT2D eigenvalue weighted by molar-refractivity contribution is 0.263. The van der Waals surface area contributed by atoms with Crippen molar-refractivity contribution >= 4 is 6.08 Å². The van der Waals surface area contributed by atoms with Crippen LogP contribution in [-0.2, 0) is 15.9 Å². The van der Waals surface area contributed by atoms with Gasteiger partial charge in [0, 0.05) is 0 Å². The summed E-state index contributed by atoms with van der Waals surface area (Å²) in [6, 6.07) is 16.5. The van der Waals surface area contributed by atoms with Crippen molar-refractivity contribution in [2.45, 2.75) is 53.2 Å². The highest BCUT2D eigenvalue weighted by Gasteiger charge is 2.23. The smallest absolute Gasteiger partial charge is 0.119 e. The maximum atomic E-state index is 5.68. The van der Waals surface area contributed by atoms with E-state index in [9.17, 15) is 0 Å². The SMILES string of the molecule is CC.CC.CC(=Cc1ccc(OCC2CO2)cc1)Cc1ccc(OCC2CO2)cc1. The Hall–Kier alpha value is -2.30. The van der Waals surface area contributed by atoms with E-state index in [0.29, 0.717) is 19.3 Å². The second-order valence-electron chi connectivity index (χ2n) is 6.91. The Morgan fingerprint density at radius 3 is 1.67 bits per heavy atom. The van der Waals surface area contributed by atoms with Gasteiger partial charge in [0.2, 0.25) is 0 Å². The molecule has 0 amide bonds. The Kier molecular flexibility index (Phi) is 10.5. The third-order valence-corrected chi connectivity index (χ3v) is 4.38. The van der Waals surface area contributed by atoms with Gasteiger partial charge in [0.1, 0.15) is 36.9 Å². The predicted octanol–water partition coefficient (Wildman–Crippen LogP) is 5.94. The molecule has 4 nitrogen and oxygen atoms in total. The Balaban J connectivity index is 0.000000757. The first-order chi connectivity index (χ1) is 14.7. The van der Waals surface area contributed by atoms with Crippen LogP contribution in [0.4, 0.5) is 0 Å². The lowest BCUT2D eigenvalue weighted by Gasteiger charge is -2.07. The highest BCUT2D eigenvalue weighted by molar-refractivity contribution is 5.54. The van der Waals surface area contributed by atoms with Gasteiger partial charge >= 0.3 is 0 Å². The summed E-state index contributed by atoms with van der Waals surface area (Å²) in [4.78, 5) is 0. The largest absolute Gasteiger partial charge is 0.491 e. The van der Waals surface area contributed by atoms with Gasteiger partial charge in [-0.05, 0) is 48.7 Å². The Morgan fingerprint density at radius 2 is 1.23 bits per heavy atom. The van der Waals surface area contributed by atoms with Crippen molar-refractivity contribution < 1.29 is 18.9 Å². The van der Waals surface area contributed by atoms with E-state index in [2.05, 4.69) is 37.3 Å². The molecule has 2 atom stereocenters. The fraction of sp³-hybridized carbons (Fsp3) is 0.462. The van der Waals surface area contributed by atoms with Gasteiger partial charge in [-0.2, -0.15) is 0 Å². The molecule has 0 spiro atoms. The summed E-state index contributed by atoms with van der Waals surface area (Å²) < 4.78 is 21.6. The van der Waals surface area contributed by atoms with E-state index in [-0.39, 0.29) is 6.10 Å². The first-order valence-corrected chi connectivity index (χ1v) is 11.1. The van der Waals surface area contributed by atoms with Crippen molar-refractivity contribution in [2.75, 3.05) is 26.4 Å². The van der Waals surface area contributed by atoms with Crippen molar-refractivity contribution in [3.8, 4) is 11.5 Å². The average molecular weight is 413 g/mol. The number of rotatable bonds is 9. The first kappa shape index (κ1) is 24.0.